The van der Waals surface area contributed by atoms with E-state index in [2.05, 4.69) is 10.3 Å². The van der Waals surface area contributed by atoms with E-state index in [1.807, 2.05) is 0 Å². The molecule has 1 amide bonds. The molecule has 22 heavy (non-hydrogen) atoms. The van der Waals surface area contributed by atoms with Crippen molar-refractivity contribution in [2.45, 2.75) is 25.9 Å². The second kappa shape index (κ2) is 6.81. The molecule has 0 aromatic heterocycles. The van der Waals surface area contributed by atoms with Crippen LogP contribution in [0.25, 0.3) is 0 Å². The molecule has 0 bridgehead atoms. The van der Waals surface area contributed by atoms with Gasteiger partial charge in [-0.2, -0.15) is 13.2 Å². The van der Waals surface area contributed by atoms with Gasteiger partial charge in [-0.1, -0.05) is 0 Å². The van der Waals surface area contributed by atoms with Crippen molar-refractivity contribution in [1.82, 2.24) is 5.32 Å². The molecule has 1 aliphatic carbocycles. The Bertz CT molecular complexity index is 549. The number of ether oxygens (including phenoxy) is 1. The van der Waals surface area contributed by atoms with Crippen molar-refractivity contribution in [3.8, 4) is 0 Å². The van der Waals surface area contributed by atoms with Gasteiger partial charge in [-0.05, 0) is 49.9 Å². The standard InChI is InChI=1S/C15H17F3N2O2/c1-2-22-14(19-9-10-3-4-10)20-13(21)11-5-7-12(8-6-11)15(16,17)18/h5-8,10H,2-4,9H2,1H3,(H,19,20,21). The van der Waals surface area contributed by atoms with E-state index in [0.29, 0.717) is 19.1 Å². The van der Waals surface area contributed by atoms with Crippen LogP contribution in [-0.2, 0) is 10.9 Å². The molecule has 1 aromatic rings. The second-order valence-corrected chi connectivity index (χ2v) is 5.05. The molecule has 1 fully saturated rings. The summed E-state index contributed by atoms with van der Waals surface area (Å²) in [6.45, 7) is 2.69. The number of hydrogen-bond acceptors (Lipinski definition) is 3. The number of carbonyl (C=O) groups is 1. The summed E-state index contributed by atoms with van der Waals surface area (Å²) < 4.78 is 42.6. The fourth-order valence-electron chi connectivity index (χ4n) is 1.75. The van der Waals surface area contributed by atoms with Gasteiger partial charge in [-0.3, -0.25) is 10.1 Å². The summed E-state index contributed by atoms with van der Waals surface area (Å²) in [4.78, 5) is 16.2. The van der Waals surface area contributed by atoms with Crippen LogP contribution in [0.1, 0.15) is 35.7 Å². The predicted molar refractivity (Wildman–Crippen MR) is 75.6 cm³/mol. The minimum atomic E-state index is -4.42. The molecule has 1 N–H and O–H groups in total. The van der Waals surface area contributed by atoms with Crippen LogP contribution < -0.4 is 5.32 Å². The lowest BCUT2D eigenvalue weighted by Gasteiger charge is -2.10. The number of nitrogens with zero attached hydrogens (tertiary/aromatic N) is 1. The topological polar surface area (TPSA) is 50.7 Å². The van der Waals surface area contributed by atoms with Crippen LogP contribution in [0.2, 0.25) is 0 Å². The summed E-state index contributed by atoms with van der Waals surface area (Å²) in [5.41, 5.74) is -0.677. The smallest absolute Gasteiger partial charge is 0.416 e. The molecule has 0 atom stereocenters. The molecule has 0 heterocycles. The van der Waals surface area contributed by atoms with Crippen LogP contribution in [0.3, 0.4) is 0 Å². The number of amides is 1. The summed E-state index contributed by atoms with van der Waals surface area (Å²) in [6, 6.07) is 4.11. The Labute approximate surface area is 126 Å². The van der Waals surface area contributed by atoms with Crippen LogP contribution in [0.5, 0.6) is 0 Å². The molecule has 4 nitrogen and oxygen atoms in total. The molecule has 1 saturated carbocycles. The van der Waals surface area contributed by atoms with Gasteiger partial charge in [0.2, 0.25) is 0 Å². The first-order chi connectivity index (χ1) is 10.4. The number of hydrogen-bond donors (Lipinski definition) is 1. The zero-order valence-electron chi connectivity index (χ0n) is 12.1. The zero-order valence-corrected chi connectivity index (χ0v) is 12.1. The van der Waals surface area contributed by atoms with Gasteiger partial charge < -0.3 is 4.74 Å². The highest BCUT2D eigenvalue weighted by Crippen LogP contribution is 2.29. The van der Waals surface area contributed by atoms with Crippen LogP contribution in [0.4, 0.5) is 13.2 Å². The maximum absolute atomic E-state index is 12.5. The van der Waals surface area contributed by atoms with Crippen LogP contribution in [-0.4, -0.2) is 25.1 Å². The van der Waals surface area contributed by atoms with Crippen molar-refractivity contribution >= 4 is 11.9 Å². The van der Waals surface area contributed by atoms with Crippen LogP contribution in [0, 0.1) is 5.92 Å². The van der Waals surface area contributed by atoms with Crippen molar-refractivity contribution in [3.05, 3.63) is 35.4 Å². The fourth-order valence-corrected chi connectivity index (χ4v) is 1.75. The van der Waals surface area contributed by atoms with E-state index in [1.54, 1.807) is 6.92 Å². The highest BCUT2D eigenvalue weighted by atomic mass is 19.4. The third-order valence-corrected chi connectivity index (χ3v) is 3.17. The lowest BCUT2D eigenvalue weighted by molar-refractivity contribution is -0.137. The van der Waals surface area contributed by atoms with Crippen molar-refractivity contribution in [2.75, 3.05) is 13.2 Å². The average Bonchev–Trinajstić information content (AvgIpc) is 3.28. The summed E-state index contributed by atoms with van der Waals surface area (Å²) in [6.07, 6.45) is -2.18. The number of halogens is 3. The number of nitrogens with one attached hydrogen (secondary N) is 1. The third kappa shape index (κ3) is 4.75. The predicted octanol–water partition coefficient (Wildman–Crippen LogP) is 3.24. The molecule has 1 aromatic carbocycles. The Morgan fingerprint density at radius 1 is 1.32 bits per heavy atom. The molecular weight excluding hydrogens is 297 g/mol. The Morgan fingerprint density at radius 3 is 2.45 bits per heavy atom. The molecular formula is C15H17F3N2O2. The SMILES string of the molecule is CCOC(=NCC1CC1)NC(=O)c1ccc(C(F)(F)F)cc1. The van der Waals surface area contributed by atoms with E-state index < -0.39 is 17.6 Å². The minimum Gasteiger partial charge on any atom is -0.465 e. The number of benzene rings is 1. The molecule has 120 valence electrons. The van der Waals surface area contributed by atoms with E-state index in [9.17, 15) is 18.0 Å². The average molecular weight is 314 g/mol. The number of carbonyl (C=O) groups excluding carboxylic acids is 1. The van der Waals surface area contributed by atoms with E-state index >= 15 is 0 Å². The number of alkyl halides is 3. The summed E-state index contributed by atoms with van der Waals surface area (Å²) in [5, 5.41) is 2.48. The number of aliphatic imine (C=N–C) groups is 1. The Hall–Kier alpha value is -2.05. The van der Waals surface area contributed by atoms with Crippen LogP contribution in [0.15, 0.2) is 29.3 Å². The normalized spacial score (nSPS) is 15.5. The van der Waals surface area contributed by atoms with Gasteiger partial charge in [-0.25, -0.2) is 4.99 Å². The Morgan fingerprint density at radius 2 is 1.95 bits per heavy atom. The van der Waals surface area contributed by atoms with Gasteiger partial charge in [0.15, 0.2) is 0 Å². The maximum atomic E-state index is 12.5. The Balaban J connectivity index is 2.01. The van der Waals surface area contributed by atoms with Gasteiger partial charge in [0.25, 0.3) is 11.9 Å². The lowest BCUT2D eigenvalue weighted by atomic mass is 10.1. The van der Waals surface area contributed by atoms with E-state index in [4.69, 9.17) is 4.74 Å². The summed E-state index contributed by atoms with van der Waals surface area (Å²) >= 11 is 0. The first-order valence-corrected chi connectivity index (χ1v) is 7.06. The number of amidine groups is 1. The first kappa shape index (κ1) is 16.3. The highest BCUT2D eigenvalue weighted by molar-refractivity contribution is 6.04. The maximum Gasteiger partial charge on any atom is 0.416 e. The monoisotopic (exact) mass is 314 g/mol. The minimum absolute atomic E-state index is 0.110. The molecule has 1 aliphatic rings. The van der Waals surface area contributed by atoms with Crippen molar-refractivity contribution in [3.63, 3.8) is 0 Å². The van der Waals surface area contributed by atoms with Gasteiger partial charge in [0, 0.05) is 12.1 Å². The molecule has 2 rings (SSSR count). The van der Waals surface area contributed by atoms with Gasteiger partial charge in [0.1, 0.15) is 0 Å². The van der Waals surface area contributed by atoms with Gasteiger partial charge >= 0.3 is 6.18 Å². The summed E-state index contributed by atoms with van der Waals surface area (Å²) in [7, 11) is 0. The zero-order chi connectivity index (χ0) is 16.2. The van der Waals surface area contributed by atoms with Crippen LogP contribution >= 0.6 is 0 Å². The van der Waals surface area contributed by atoms with Crippen molar-refractivity contribution < 1.29 is 22.7 Å². The van der Waals surface area contributed by atoms with E-state index in [-0.39, 0.29) is 11.6 Å². The van der Waals surface area contributed by atoms with E-state index in [0.717, 1.165) is 37.1 Å². The molecule has 0 saturated heterocycles. The fraction of sp³-hybridized carbons (Fsp3) is 0.467. The molecule has 0 spiro atoms. The first-order valence-electron chi connectivity index (χ1n) is 7.06. The lowest BCUT2D eigenvalue weighted by Crippen LogP contribution is -2.33. The quantitative estimate of drug-likeness (QED) is 0.685. The number of rotatable bonds is 4. The largest absolute Gasteiger partial charge is 0.465 e. The third-order valence-electron chi connectivity index (χ3n) is 3.17. The second-order valence-electron chi connectivity index (χ2n) is 5.05. The summed E-state index contributed by atoms with van der Waals surface area (Å²) in [5.74, 6) is -0.00449. The van der Waals surface area contributed by atoms with E-state index in [1.165, 1.54) is 0 Å². The molecule has 0 aliphatic heterocycles. The van der Waals surface area contributed by atoms with Crippen molar-refractivity contribution in [2.24, 2.45) is 10.9 Å². The van der Waals surface area contributed by atoms with Crippen molar-refractivity contribution in [1.29, 1.82) is 0 Å². The van der Waals surface area contributed by atoms with Gasteiger partial charge in [-0.15, -0.1) is 0 Å². The molecule has 7 heteroatoms. The molecule has 0 unspecified atom stereocenters. The Kier molecular flexibility index (Phi) is 5.05. The van der Waals surface area contributed by atoms with Gasteiger partial charge in [0.05, 0.1) is 12.2 Å². The molecule has 0 radical (unpaired) electrons. The highest BCUT2D eigenvalue weighted by Gasteiger charge is 2.30.